The van der Waals surface area contributed by atoms with E-state index in [2.05, 4.69) is 39.3 Å². The van der Waals surface area contributed by atoms with Gasteiger partial charge in [0, 0.05) is 58.5 Å². The minimum atomic E-state index is -0.125. The standard InChI is InChI=1S/C31H29FN6O/c1-18-26-17-36-28(20-12-23(16-34-15-20)39-22-5-8-33-9-6-22)13-24(26)31(37-18)29-14-25-27(38-29)7-10-35-30(25)19-3-2-4-21(32)11-19/h2-4,7,10,12-19,22,33,38H,5-6,8-9,11H2,1H3/t18-,19?/m0/s1. The third-order valence-corrected chi connectivity index (χ3v) is 7.78. The molecule has 0 saturated carbocycles. The lowest BCUT2D eigenvalue weighted by molar-refractivity contribution is 0.162. The van der Waals surface area contributed by atoms with Crippen LogP contribution in [0, 0.1) is 0 Å². The van der Waals surface area contributed by atoms with E-state index < -0.39 is 0 Å². The molecule has 0 aromatic carbocycles. The van der Waals surface area contributed by atoms with Gasteiger partial charge in [-0.2, -0.15) is 0 Å². The summed E-state index contributed by atoms with van der Waals surface area (Å²) in [5, 5.41) is 4.36. The van der Waals surface area contributed by atoms with Crippen molar-refractivity contribution in [3.63, 3.8) is 0 Å². The van der Waals surface area contributed by atoms with E-state index in [1.807, 2.05) is 30.6 Å². The summed E-state index contributed by atoms with van der Waals surface area (Å²) in [5.41, 5.74) is 7.50. The number of nitrogens with one attached hydrogen (secondary N) is 2. The van der Waals surface area contributed by atoms with E-state index in [1.165, 1.54) is 6.08 Å². The summed E-state index contributed by atoms with van der Waals surface area (Å²) < 4.78 is 20.3. The molecule has 0 bridgehead atoms. The van der Waals surface area contributed by atoms with E-state index in [9.17, 15) is 4.39 Å². The van der Waals surface area contributed by atoms with Gasteiger partial charge in [-0.15, -0.1) is 0 Å². The van der Waals surface area contributed by atoms with Crippen molar-refractivity contribution in [3.05, 3.63) is 95.6 Å². The van der Waals surface area contributed by atoms with Crippen molar-refractivity contribution in [2.24, 2.45) is 4.99 Å². The summed E-state index contributed by atoms with van der Waals surface area (Å²) in [4.78, 5) is 22.4. The predicted molar refractivity (Wildman–Crippen MR) is 150 cm³/mol. The Kier molecular flexibility index (Phi) is 6.04. The maximum atomic E-state index is 14.0. The molecule has 0 radical (unpaired) electrons. The second-order valence-corrected chi connectivity index (χ2v) is 10.4. The fourth-order valence-corrected chi connectivity index (χ4v) is 5.76. The van der Waals surface area contributed by atoms with Gasteiger partial charge in [-0.3, -0.25) is 19.9 Å². The molecule has 6 heterocycles. The Bertz CT molecular complexity index is 1650. The van der Waals surface area contributed by atoms with Gasteiger partial charge in [0.25, 0.3) is 0 Å². The minimum Gasteiger partial charge on any atom is -0.489 e. The van der Waals surface area contributed by atoms with Gasteiger partial charge in [0.15, 0.2) is 0 Å². The average Bonchev–Trinajstić information content (AvgIpc) is 3.54. The quantitative estimate of drug-likeness (QED) is 0.339. The van der Waals surface area contributed by atoms with Crippen LogP contribution in [-0.2, 0) is 0 Å². The predicted octanol–water partition coefficient (Wildman–Crippen LogP) is 5.96. The molecule has 39 heavy (non-hydrogen) atoms. The molecular formula is C31H29FN6O. The number of rotatable bonds is 5. The fourth-order valence-electron chi connectivity index (χ4n) is 5.76. The van der Waals surface area contributed by atoms with Crippen LogP contribution in [0.3, 0.4) is 0 Å². The van der Waals surface area contributed by atoms with Gasteiger partial charge >= 0.3 is 0 Å². The summed E-state index contributed by atoms with van der Waals surface area (Å²) in [6.07, 6.45) is 15.1. The highest BCUT2D eigenvalue weighted by Gasteiger charge is 2.27. The number of piperidine rings is 1. The SMILES string of the molecule is C[C@@H]1N=C(c2cc3c(C4C=CC=C(F)C4)nccc3[nH]2)c2cc(-c3cncc(OC4CCNCC4)c3)ncc21. The van der Waals surface area contributed by atoms with Gasteiger partial charge in [-0.1, -0.05) is 12.2 Å². The molecule has 1 unspecified atom stereocenters. The number of H-pyrrole nitrogens is 1. The lowest BCUT2D eigenvalue weighted by Gasteiger charge is -2.23. The number of allylic oxidation sites excluding steroid dienone is 4. The third-order valence-electron chi connectivity index (χ3n) is 7.78. The Morgan fingerprint density at radius 1 is 1.05 bits per heavy atom. The molecule has 2 atom stereocenters. The Hall–Kier alpha value is -4.17. The van der Waals surface area contributed by atoms with E-state index in [4.69, 9.17) is 14.7 Å². The summed E-state index contributed by atoms with van der Waals surface area (Å²) in [5.74, 6) is 0.545. The molecule has 0 spiro atoms. The first kappa shape index (κ1) is 23.9. The highest BCUT2D eigenvalue weighted by atomic mass is 19.1. The van der Waals surface area contributed by atoms with Gasteiger partial charge in [0.1, 0.15) is 17.7 Å². The number of ether oxygens (including phenoxy) is 1. The first-order valence-electron chi connectivity index (χ1n) is 13.5. The largest absolute Gasteiger partial charge is 0.489 e. The number of aliphatic imine (C=N–C) groups is 1. The first-order chi connectivity index (χ1) is 19.1. The molecule has 2 N–H and O–H groups in total. The number of aromatic nitrogens is 4. The number of hydrogen-bond acceptors (Lipinski definition) is 6. The Labute approximate surface area is 226 Å². The van der Waals surface area contributed by atoms with Crippen molar-refractivity contribution in [1.29, 1.82) is 0 Å². The van der Waals surface area contributed by atoms with Crippen LogP contribution in [0.25, 0.3) is 22.2 Å². The van der Waals surface area contributed by atoms with Gasteiger partial charge in [0.05, 0.1) is 35.0 Å². The molecule has 0 amide bonds. The van der Waals surface area contributed by atoms with Gasteiger partial charge in [-0.25, -0.2) is 4.39 Å². The van der Waals surface area contributed by atoms with Crippen molar-refractivity contribution in [1.82, 2.24) is 25.3 Å². The molecule has 2 aliphatic heterocycles. The molecule has 7 nitrogen and oxygen atoms in total. The van der Waals surface area contributed by atoms with Crippen LogP contribution in [0.2, 0.25) is 0 Å². The highest BCUT2D eigenvalue weighted by molar-refractivity contribution is 6.16. The first-order valence-corrected chi connectivity index (χ1v) is 13.5. The highest BCUT2D eigenvalue weighted by Crippen LogP contribution is 2.37. The summed E-state index contributed by atoms with van der Waals surface area (Å²) in [7, 11) is 0. The second-order valence-electron chi connectivity index (χ2n) is 10.4. The van der Waals surface area contributed by atoms with Gasteiger partial charge in [0.2, 0.25) is 0 Å². The monoisotopic (exact) mass is 520 g/mol. The zero-order chi connectivity index (χ0) is 26.3. The number of pyridine rings is 3. The Balaban J connectivity index is 1.22. The van der Waals surface area contributed by atoms with Crippen molar-refractivity contribution in [2.75, 3.05) is 13.1 Å². The molecule has 196 valence electrons. The maximum absolute atomic E-state index is 14.0. The zero-order valence-corrected chi connectivity index (χ0v) is 21.7. The zero-order valence-electron chi connectivity index (χ0n) is 21.7. The number of hydrogen-bond donors (Lipinski definition) is 2. The van der Waals surface area contributed by atoms with Crippen molar-refractivity contribution in [3.8, 4) is 17.0 Å². The van der Waals surface area contributed by atoms with Crippen LogP contribution >= 0.6 is 0 Å². The average molecular weight is 521 g/mol. The fraction of sp³-hybridized carbons (Fsp3) is 0.290. The molecule has 4 aromatic rings. The van der Waals surface area contributed by atoms with Crippen LogP contribution in [0.4, 0.5) is 4.39 Å². The lowest BCUT2D eigenvalue weighted by Crippen LogP contribution is -2.34. The summed E-state index contributed by atoms with van der Waals surface area (Å²) in [6.45, 7) is 4.03. The maximum Gasteiger partial charge on any atom is 0.138 e. The molecule has 1 aliphatic carbocycles. The van der Waals surface area contributed by atoms with E-state index in [1.54, 1.807) is 18.5 Å². The summed E-state index contributed by atoms with van der Waals surface area (Å²) in [6, 6.07) is 8.16. The van der Waals surface area contributed by atoms with Crippen LogP contribution in [-0.4, -0.2) is 44.8 Å². The Morgan fingerprint density at radius 2 is 1.95 bits per heavy atom. The number of nitrogens with zero attached hydrogens (tertiary/aromatic N) is 4. The smallest absolute Gasteiger partial charge is 0.138 e. The molecule has 4 aromatic heterocycles. The van der Waals surface area contributed by atoms with Crippen molar-refractivity contribution < 1.29 is 9.13 Å². The van der Waals surface area contributed by atoms with Crippen molar-refractivity contribution >= 4 is 16.6 Å². The molecule has 3 aliphatic rings. The number of aromatic amines is 1. The normalized spacial score (nSPS) is 21.1. The molecular weight excluding hydrogens is 491 g/mol. The topological polar surface area (TPSA) is 88.1 Å². The molecule has 1 saturated heterocycles. The molecule has 8 heteroatoms. The number of halogens is 1. The minimum absolute atomic E-state index is 0.00577. The third kappa shape index (κ3) is 4.55. The van der Waals surface area contributed by atoms with Crippen LogP contribution < -0.4 is 10.1 Å². The number of fused-ring (bicyclic) bond motifs is 2. The molecule has 1 fully saturated rings. The van der Waals surface area contributed by atoms with E-state index in [-0.39, 0.29) is 23.9 Å². The lowest BCUT2D eigenvalue weighted by atomic mass is 9.94. The van der Waals surface area contributed by atoms with Gasteiger partial charge in [-0.05, 0) is 63.2 Å². The van der Waals surface area contributed by atoms with Crippen LogP contribution in [0.1, 0.15) is 60.7 Å². The van der Waals surface area contributed by atoms with Crippen LogP contribution in [0.15, 0.2) is 78.1 Å². The van der Waals surface area contributed by atoms with Crippen molar-refractivity contribution in [2.45, 2.75) is 44.2 Å². The van der Waals surface area contributed by atoms with E-state index in [0.29, 0.717) is 6.42 Å². The van der Waals surface area contributed by atoms with Crippen LogP contribution in [0.5, 0.6) is 5.75 Å². The molecule has 7 rings (SSSR count). The van der Waals surface area contributed by atoms with Gasteiger partial charge < -0.3 is 15.0 Å². The second kappa shape index (κ2) is 9.85. The van der Waals surface area contributed by atoms with E-state index in [0.717, 1.165) is 82.1 Å². The van der Waals surface area contributed by atoms with E-state index >= 15 is 0 Å². The summed E-state index contributed by atoms with van der Waals surface area (Å²) >= 11 is 0. The Morgan fingerprint density at radius 3 is 2.82 bits per heavy atom.